The van der Waals surface area contributed by atoms with E-state index < -0.39 is 0 Å². The van der Waals surface area contributed by atoms with E-state index in [4.69, 9.17) is 4.74 Å². The Morgan fingerprint density at radius 3 is 3.04 bits per heavy atom. The highest BCUT2D eigenvalue weighted by Gasteiger charge is 2.42. The topological polar surface area (TPSA) is 80.2 Å². The van der Waals surface area contributed by atoms with E-state index in [-0.39, 0.29) is 18.1 Å². The van der Waals surface area contributed by atoms with Crippen molar-refractivity contribution in [1.29, 1.82) is 0 Å². The van der Waals surface area contributed by atoms with E-state index in [0.717, 1.165) is 41.6 Å². The second kappa shape index (κ2) is 7.05. The number of fused-ring (bicyclic) bond motifs is 1. The average Bonchev–Trinajstić information content (AvgIpc) is 3.25. The van der Waals surface area contributed by atoms with Crippen LogP contribution < -0.4 is 10.2 Å². The highest BCUT2D eigenvalue weighted by atomic mass is 32.1. The molecular weight excluding hydrogens is 338 g/mol. The number of aromatic nitrogens is 3. The van der Waals surface area contributed by atoms with Gasteiger partial charge in [0.05, 0.1) is 24.4 Å². The maximum atomic E-state index is 12.4. The summed E-state index contributed by atoms with van der Waals surface area (Å²) in [5.41, 5.74) is 0.850. The zero-order chi connectivity index (χ0) is 17.2. The molecule has 3 atom stereocenters. The maximum absolute atomic E-state index is 12.4. The summed E-state index contributed by atoms with van der Waals surface area (Å²) in [4.78, 5) is 18.9. The summed E-state index contributed by atoms with van der Waals surface area (Å²) in [5, 5.41) is 13.2. The molecule has 1 amide bonds. The van der Waals surface area contributed by atoms with Crippen molar-refractivity contribution in [2.24, 2.45) is 0 Å². The molecule has 0 saturated carbocycles. The SMILES string of the molecule is Cc1nnc(N2CC[C@@H]3O[C@@H](C(=O)NCc4ccccn4)CC[C@@H]32)s1. The molecule has 2 aromatic rings. The van der Waals surface area contributed by atoms with Gasteiger partial charge in [0.25, 0.3) is 0 Å². The first-order chi connectivity index (χ1) is 12.2. The van der Waals surface area contributed by atoms with E-state index in [0.29, 0.717) is 12.6 Å². The molecule has 0 aliphatic carbocycles. The third-order valence-corrected chi connectivity index (χ3v) is 5.65. The maximum Gasteiger partial charge on any atom is 0.249 e. The highest BCUT2D eigenvalue weighted by molar-refractivity contribution is 7.15. The Morgan fingerprint density at radius 1 is 1.36 bits per heavy atom. The van der Waals surface area contributed by atoms with Crippen molar-refractivity contribution in [3.8, 4) is 0 Å². The van der Waals surface area contributed by atoms with Crippen LogP contribution in [0.5, 0.6) is 0 Å². The molecule has 0 radical (unpaired) electrons. The molecule has 0 bridgehead atoms. The summed E-state index contributed by atoms with van der Waals surface area (Å²) in [5.74, 6) is -0.0469. The monoisotopic (exact) mass is 359 g/mol. The number of aryl methyl sites for hydroxylation is 1. The van der Waals surface area contributed by atoms with Gasteiger partial charge in [-0.2, -0.15) is 0 Å². The molecule has 2 aliphatic rings. The number of anilines is 1. The molecule has 2 aromatic heterocycles. The molecule has 4 heterocycles. The summed E-state index contributed by atoms with van der Waals surface area (Å²) in [6.07, 6.45) is 4.03. The fourth-order valence-electron chi connectivity index (χ4n) is 3.55. The third-order valence-electron chi connectivity index (χ3n) is 4.77. The van der Waals surface area contributed by atoms with Gasteiger partial charge < -0.3 is 15.0 Å². The van der Waals surface area contributed by atoms with Gasteiger partial charge in [0.1, 0.15) is 11.1 Å². The summed E-state index contributed by atoms with van der Waals surface area (Å²) in [6.45, 7) is 3.31. The lowest BCUT2D eigenvalue weighted by molar-refractivity contribution is -0.141. The molecule has 0 unspecified atom stereocenters. The number of ether oxygens (including phenoxy) is 1. The van der Waals surface area contributed by atoms with E-state index in [1.165, 1.54) is 0 Å². The highest BCUT2D eigenvalue weighted by Crippen LogP contribution is 2.35. The van der Waals surface area contributed by atoms with Gasteiger partial charge in [-0.25, -0.2) is 0 Å². The first-order valence-corrected chi connectivity index (χ1v) is 9.42. The minimum absolute atomic E-state index is 0.0469. The molecule has 2 saturated heterocycles. The predicted molar refractivity (Wildman–Crippen MR) is 94.4 cm³/mol. The lowest BCUT2D eigenvalue weighted by Gasteiger charge is -2.35. The van der Waals surface area contributed by atoms with E-state index in [1.54, 1.807) is 17.5 Å². The predicted octanol–water partition coefficient (Wildman–Crippen LogP) is 1.68. The molecule has 4 rings (SSSR count). The van der Waals surface area contributed by atoms with Crippen molar-refractivity contribution < 1.29 is 9.53 Å². The van der Waals surface area contributed by atoms with Gasteiger partial charge in [0.2, 0.25) is 11.0 Å². The molecule has 2 fully saturated rings. The lowest BCUT2D eigenvalue weighted by Crippen LogP contribution is -2.47. The second-order valence-electron chi connectivity index (χ2n) is 6.43. The molecule has 0 spiro atoms. The molecule has 7 nitrogen and oxygen atoms in total. The number of hydrogen-bond donors (Lipinski definition) is 1. The van der Waals surface area contributed by atoms with Gasteiger partial charge in [0.15, 0.2) is 0 Å². The summed E-state index contributed by atoms with van der Waals surface area (Å²) < 4.78 is 6.10. The molecule has 25 heavy (non-hydrogen) atoms. The van der Waals surface area contributed by atoms with Gasteiger partial charge in [-0.05, 0) is 38.3 Å². The molecule has 132 valence electrons. The number of pyridine rings is 1. The van der Waals surface area contributed by atoms with E-state index in [2.05, 4.69) is 25.4 Å². The standard InChI is InChI=1S/C17H21N5O2S/c1-11-20-21-17(25-11)22-9-7-14-13(22)5-6-15(24-14)16(23)19-10-12-4-2-3-8-18-12/h2-4,8,13-15H,5-7,9-10H2,1H3,(H,19,23)/t13-,14-,15+/m0/s1. The Labute approximate surface area is 150 Å². The number of nitrogens with one attached hydrogen (secondary N) is 1. The van der Waals surface area contributed by atoms with Crippen LogP contribution in [0.3, 0.4) is 0 Å². The Morgan fingerprint density at radius 2 is 2.28 bits per heavy atom. The fraction of sp³-hybridized carbons (Fsp3) is 0.529. The normalized spacial score (nSPS) is 25.6. The fourth-order valence-corrected chi connectivity index (χ4v) is 4.33. The molecule has 8 heteroatoms. The van der Waals surface area contributed by atoms with Gasteiger partial charge in [-0.3, -0.25) is 9.78 Å². The van der Waals surface area contributed by atoms with Gasteiger partial charge >= 0.3 is 0 Å². The number of carbonyl (C=O) groups is 1. The smallest absolute Gasteiger partial charge is 0.249 e. The van der Waals surface area contributed by atoms with Crippen molar-refractivity contribution in [2.45, 2.75) is 51.0 Å². The number of rotatable bonds is 4. The molecule has 0 aromatic carbocycles. The van der Waals surface area contributed by atoms with Crippen molar-refractivity contribution in [2.75, 3.05) is 11.4 Å². The van der Waals surface area contributed by atoms with Crippen LogP contribution in [-0.4, -0.2) is 45.9 Å². The van der Waals surface area contributed by atoms with Crippen LogP contribution in [0.4, 0.5) is 5.13 Å². The van der Waals surface area contributed by atoms with Crippen molar-refractivity contribution >= 4 is 22.4 Å². The Balaban J connectivity index is 1.33. The van der Waals surface area contributed by atoms with Gasteiger partial charge in [-0.15, -0.1) is 10.2 Å². The third kappa shape index (κ3) is 3.50. The van der Waals surface area contributed by atoms with Crippen LogP contribution in [0.2, 0.25) is 0 Å². The largest absolute Gasteiger partial charge is 0.363 e. The van der Waals surface area contributed by atoms with Crippen molar-refractivity contribution in [1.82, 2.24) is 20.5 Å². The first-order valence-electron chi connectivity index (χ1n) is 8.60. The first kappa shape index (κ1) is 16.4. The van der Waals surface area contributed by atoms with E-state index in [9.17, 15) is 4.79 Å². The summed E-state index contributed by atoms with van der Waals surface area (Å²) in [7, 11) is 0. The second-order valence-corrected chi connectivity index (χ2v) is 7.59. The van der Waals surface area contributed by atoms with Crippen LogP contribution >= 0.6 is 11.3 Å². The summed E-state index contributed by atoms with van der Waals surface area (Å²) in [6, 6.07) is 5.98. The van der Waals surface area contributed by atoms with Crippen LogP contribution in [0.25, 0.3) is 0 Å². The van der Waals surface area contributed by atoms with E-state index >= 15 is 0 Å². The van der Waals surface area contributed by atoms with Gasteiger partial charge in [0, 0.05) is 12.7 Å². The minimum Gasteiger partial charge on any atom is -0.363 e. The average molecular weight is 359 g/mol. The molecule has 1 N–H and O–H groups in total. The summed E-state index contributed by atoms with van der Waals surface area (Å²) >= 11 is 1.62. The minimum atomic E-state index is -0.374. The van der Waals surface area contributed by atoms with Crippen molar-refractivity contribution in [3.05, 3.63) is 35.1 Å². The van der Waals surface area contributed by atoms with Crippen LogP contribution in [0.1, 0.15) is 30.0 Å². The Hall–Kier alpha value is -2.06. The van der Waals surface area contributed by atoms with Crippen LogP contribution in [0, 0.1) is 6.92 Å². The number of nitrogens with zero attached hydrogens (tertiary/aromatic N) is 4. The van der Waals surface area contributed by atoms with Crippen LogP contribution in [-0.2, 0) is 16.1 Å². The van der Waals surface area contributed by atoms with Gasteiger partial charge in [-0.1, -0.05) is 17.4 Å². The lowest BCUT2D eigenvalue weighted by atomic mass is 9.99. The van der Waals surface area contributed by atoms with Crippen molar-refractivity contribution in [3.63, 3.8) is 0 Å². The number of hydrogen-bond acceptors (Lipinski definition) is 7. The zero-order valence-electron chi connectivity index (χ0n) is 14.1. The molecule has 2 aliphatic heterocycles. The quantitative estimate of drug-likeness (QED) is 0.895. The molecular formula is C17H21N5O2S. The Bertz CT molecular complexity index is 738. The van der Waals surface area contributed by atoms with Crippen LogP contribution in [0.15, 0.2) is 24.4 Å². The number of amides is 1. The zero-order valence-corrected chi connectivity index (χ0v) is 14.9. The Kier molecular flexibility index (Phi) is 4.63. The van der Waals surface area contributed by atoms with E-state index in [1.807, 2.05) is 25.1 Å². The number of carbonyl (C=O) groups excluding carboxylic acids is 1.